The molecule has 2 aromatic carbocycles. The monoisotopic (exact) mass is 468 g/mol. The minimum Gasteiger partial charge on any atom is -0.351 e. The molecule has 1 amide bonds. The molecule has 0 bridgehead atoms. The van der Waals surface area contributed by atoms with Crippen molar-refractivity contribution in [3.8, 4) is 22.4 Å². The van der Waals surface area contributed by atoms with Gasteiger partial charge in [0.25, 0.3) is 0 Å². The molecule has 0 unspecified atom stereocenters. The molecular weight excluding hydrogens is 451 g/mol. The summed E-state index contributed by atoms with van der Waals surface area (Å²) in [5.74, 6) is -0.0825. The SMILES string of the molecule is CC(=O)NCc1c(-c2ccc(-c3ccccc3)cc2)nc2ccc(I)nn12. The Morgan fingerprint density at radius 1 is 0.963 bits per heavy atom. The molecule has 0 saturated heterocycles. The van der Waals surface area contributed by atoms with Crippen molar-refractivity contribution in [3.63, 3.8) is 0 Å². The summed E-state index contributed by atoms with van der Waals surface area (Å²) >= 11 is 2.17. The second-order valence-corrected chi connectivity index (χ2v) is 7.29. The fourth-order valence-electron chi connectivity index (χ4n) is 3.01. The Morgan fingerprint density at radius 3 is 2.33 bits per heavy atom. The molecule has 0 aliphatic rings. The Hall–Kier alpha value is -2.74. The molecule has 5 nitrogen and oxygen atoms in total. The van der Waals surface area contributed by atoms with Crippen molar-refractivity contribution in [3.05, 3.63) is 76.1 Å². The summed E-state index contributed by atoms with van der Waals surface area (Å²) in [5, 5.41) is 7.42. The van der Waals surface area contributed by atoms with Gasteiger partial charge in [0, 0.05) is 12.5 Å². The minimum atomic E-state index is -0.0825. The van der Waals surface area contributed by atoms with Gasteiger partial charge in [-0.2, -0.15) is 5.10 Å². The van der Waals surface area contributed by atoms with Gasteiger partial charge in [-0.05, 0) is 45.9 Å². The minimum absolute atomic E-state index is 0.0825. The molecule has 0 radical (unpaired) electrons. The van der Waals surface area contributed by atoms with Crippen LogP contribution in [0.15, 0.2) is 66.7 Å². The van der Waals surface area contributed by atoms with E-state index in [1.165, 1.54) is 12.5 Å². The highest BCUT2D eigenvalue weighted by molar-refractivity contribution is 14.1. The number of hydrogen-bond donors (Lipinski definition) is 1. The lowest BCUT2D eigenvalue weighted by Crippen LogP contribution is -2.20. The van der Waals surface area contributed by atoms with E-state index in [0.29, 0.717) is 6.54 Å². The average Bonchev–Trinajstić information content (AvgIpc) is 3.05. The maximum Gasteiger partial charge on any atom is 0.217 e. The number of rotatable bonds is 4. The molecule has 27 heavy (non-hydrogen) atoms. The summed E-state index contributed by atoms with van der Waals surface area (Å²) in [7, 11) is 0. The van der Waals surface area contributed by atoms with Crippen LogP contribution in [0.1, 0.15) is 12.6 Å². The van der Waals surface area contributed by atoms with Crippen molar-refractivity contribution >= 4 is 34.1 Å². The summed E-state index contributed by atoms with van der Waals surface area (Å²) in [6.45, 7) is 1.88. The largest absolute Gasteiger partial charge is 0.351 e. The molecule has 0 saturated carbocycles. The molecule has 134 valence electrons. The number of benzene rings is 2. The van der Waals surface area contributed by atoms with Crippen LogP contribution in [0.4, 0.5) is 0 Å². The summed E-state index contributed by atoms with van der Waals surface area (Å²) in [6.07, 6.45) is 0. The lowest BCUT2D eigenvalue weighted by molar-refractivity contribution is -0.119. The Balaban J connectivity index is 1.78. The third-order valence-electron chi connectivity index (χ3n) is 4.31. The number of aromatic nitrogens is 3. The van der Waals surface area contributed by atoms with Gasteiger partial charge in [-0.25, -0.2) is 9.50 Å². The van der Waals surface area contributed by atoms with E-state index in [1.54, 1.807) is 4.52 Å². The van der Waals surface area contributed by atoms with E-state index in [0.717, 1.165) is 31.9 Å². The van der Waals surface area contributed by atoms with E-state index in [2.05, 4.69) is 69.4 Å². The zero-order valence-electron chi connectivity index (χ0n) is 14.7. The number of nitrogens with one attached hydrogen (secondary N) is 1. The van der Waals surface area contributed by atoms with Crippen LogP contribution in [-0.4, -0.2) is 20.5 Å². The highest BCUT2D eigenvalue weighted by Gasteiger charge is 2.16. The lowest BCUT2D eigenvalue weighted by atomic mass is 10.0. The predicted octanol–water partition coefficient (Wildman–Crippen LogP) is 4.30. The number of halogens is 1. The quantitative estimate of drug-likeness (QED) is 0.455. The van der Waals surface area contributed by atoms with Gasteiger partial charge < -0.3 is 5.32 Å². The standard InChI is InChI=1S/C21H17IN4O/c1-14(27)23-13-18-21(24-20-12-11-19(22)25-26(18)20)17-9-7-16(8-10-17)15-5-3-2-4-6-15/h2-12H,13H2,1H3,(H,23,27). The molecule has 0 fully saturated rings. The summed E-state index contributed by atoms with van der Waals surface area (Å²) in [5.41, 5.74) is 5.78. The molecule has 0 aliphatic carbocycles. The van der Waals surface area contributed by atoms with Crippen LogP contribution < -0.4 is 5.32 Å². The van der Waals surface area contributed by atoms with Gasteiger partial charge in [0.1, 0.15) is 3.70 Å². The highest BCUT2D eigenvalue weighted by atomic mass is 127. The molecule has 2 heterocycles. The molecule has 4 rings (SSSR count). The number of carbonyl (C=O) groups is 1. The molecule has 6 heteroatoms. The number of nitrogens with zero attached hydrogens (tertiary/aromatic N) is 3. The predicted molar refractivity (Wildman–Crippen MR) is 114 cm³/mol. The van der Waals surface area contributed by atoms with E-state index in [4.69, 9.17) is 4.98 Å². The summed E-state index contributed by atoms with van der Waals surface area (Å²) in [6, 6.07) is 22.4. The maximum atomic E-state index is 11.4. The second kappa shape index (κ2) is 7.48. The highest BCUT2D eigenvalue weighted by Crippen LogP contribution is 2.27. The zero-order valence-corrected chi connectivity index (χ0v) is 16.8. The van der Waals surface area contributed by atoms with Crippen LogP contribution in [0.2, 0.25) is 0 Å². The summed E-state index contributed by atoms with van der Waals surface area (Å²) < 4.78 is 2.67. The van der Waals surface area contributed by atoms with Gasteiger partial charge in [-0.3, -0.25) is 4.79 Å². The van der Waals surface area contributed by atoms with E-state index < -0.39 is 0 Å². The van der Waals surface area contributed by atoms with E-state index in [-0.39, 0.29) is 5.91 Å². The van der Waals surface area contributed by atoms with Crippen LogP contribution in [0.3, 0.4) is 0 Å². The van der Waals surface area contributed by atoms with Crippen molar-refractivity contribution in [2.75, 3.05) is 0 Å². The summed E-state index contributed by atoms with van der Waals surface area (Å²) in [4.78, 5) is 16.2. The molecule has 1 N–H and O–H groups in total. The first kappa shape index (κ1) is 17.7. The number of fused-ring (bicyclic) bond motifs is 1. The first-order chi connectivity index (χ1) is 13.1. The Morgan fingerprint density at radius 2 is 1.63 bits per heavy atom. The maximum absolute atomic E-state index is 11.4. The van der Waals surface area contributed by atoms with Crippen molar-refractivity contribution < 1.29 is 4.79 Å². The molecular formula is C21H17IN4O. The molecule has 0 atom stereocenters. The topological polar surface area (TPSA) is 59.3 Å². The van der Waals surface area contributed by atoms with Crippen LogP contribution in [0.25, 0.3) is 28.0 Å². The van der Waals surface area contributed by atoms with Crippen molar-refractivity contribution in [2.24, 2.45) is 0 Å². The van der Waals surface area contributed by atoms with E-state index in [1.807, 2.05) is 30.3 Å². The van der Waals surface area contributed by atoms with Gasteiger partial charge in [-0.1, -0.05) is 54.6 Å². The van der Waals surface area contributed by atoms with Crippen LogP contribution in [0.5, 0.6) is 0 Å². The molecule has 4 aromatic rings. The Kier molecular flexibility index (Phi) is 4.89. The van der Waals surface area contributed by atoms with Crippen molar-refractivity contribution in [1.29, 1.82) is 0 Å². The first-order valence-corrected chi connectivity index (χ1v) is 9.64. The first-order valence-electron chi connectivity index (χ1n) is 8.56. The van der Waals surface area contributed by atoms with Gasteiger partial charge in [-0.15, -0.1) is 0 Å². The van der Waals surface area contributed by atoms with E-state index in [9.17, 15) is 4.79 Å². The number of imidazole rings is 1. The van der Waals surface area contributed by atoms with Crippen LogP contribution in [-0.2, 0) is 11.3 Å². The Bertz CT molecular complexity index is 1100. The average molecular weight is 468 g/mol. The number of amides is 1. The van der Waals surface area contributed by atoms with Crippen molar-refractivity contribution in [2.45, 2.75) is 13.5 Å². The zero-order chi connectivity index (χ0) is 18.8. The smallest absolute Gasteiger partial charge is 0.217 e. The van der Waals surface area contributed by atoms with E-state index >= 15 is 0 Å². The second-order valence-electron chi connectivity index (χ2n) is 6.19. The third kappa shape index (κ3) is 3.71. The molecule has 0 spiro atoms. The Labute approximate surface area is 170 Å². The van der Waals surface area contributed by atoms with Gasteiger partial charge in [0.05, 0.1) is 17.9 Å². The number of hydrogen-bond acceptors (Lipinski definition) is 3. The van der Waals surface area contributed by atoms with Crippen molar-refractivity contribution in [1.82, 2.24) is 19.9 Å². The van der Waals surface area contributed by atoms with Gasteiger partial charge in [0.15, 0.2) is 5.65 Å². The van der Waals surface area contributed by atoms with Gasteiger partial charge >= 0.3 is 0 Å². The molecule has 0 aliphatic heterocycles. The molecule has 2 aromatic heterocycles. The van der Waals surface area contributed by atoms with Crippen LogP contribution >= 0.6 is 22.6 Å². The van der Waals surface area contributed by atoms with Gasteiger partial charge in [0.2, 0.25) is 5.91 Å². The lowest BCUT2D eigenvalue weighted by Gasteiger charge is -2.07. The number of carbonyl (C=O) groups excluding carboxylic acids is 1. The third-order valence-corrected chi connectivity index (χ3v) is 4.88. The fourth-order valence-corrected chi connectivity index (χ4v) is 3.40. The normalized spacial score (nSPS) is 10.9. The van der Waals surface area contributed by atoms with Crippen LogP contribution in [0, 0.1) is 3.70 Å². The fraction of sp³-hybridized carbons (Fsp3) is 0.0952.